The highest BCUT2D eigenvalue weighted by molar-refractivity contribution is 5.96. The van der Waals surface area contributed by atoms with Crippen LogP contribution in [-0.2, 0) is 4.79 Å². The highest BCUT2D eigenvalue weighted by Crippen LogP contribution is 2.40. The minimum atomic E-state index is -0.349. The number of carbonyl (C=O) groups excluding carboxylic acids is 1. The number of carbonyl (C=O) groups is 1. The number of methoxy groups -OCH3 is 1. The van der Waals surface area contributed by atoms with Crippen LogP contribution in [0.1, 0.15) is 36.8 Å². The van der Waals surface area contributed by atoms with Crippen LogP contribution in [0.25, 0.3) is 0 Å². The van der Waals surface area contributed by atoms with E-state index in [1.807, 2.05) is 36.9 Å². The molecule has 1 aromatic heterocycles. The smallest absolute Gasteiger partial charge is 0.229 e. The summed E-state index contributed by atoms with van der Waals surface area (Å²) in [5.74, 6) is 1.11. The first-order valence-electron chi connectivity index (χ1n) is 9.95. The third-order valence-electron chi connectivity index (χ3n) is 6.02. The lowest BCUT2D eigenvalue weighted by atomic mass is 9.88. The fourth-order valence-electron chi connectivity index (χ4n) is 4.53. The molecule has 1 amide bonds. The van der Waals surface area contributed by atoms with Crippen molar-refractivity contribution >= 4 is 17.5 Å². The summed E-state index contributed by atoms with van der Waals surface area (Å²) in [7, 11) is 1.51. The maximum atomic E-state index is 14.8. The lowest BCUT2D eigenvalue weighted by molar-refractivity contribution is -0.117. The number of aryl methyl sites for hydroxylation is 1. The summed E-state index contributed by atoms with van der Waals surface area (Å²) < 4.78 is 20.0. The maximum Gasteiger partial charge on any atom is 0.229 e. The second-order valence-electron chi connectivity index (χ2n) is 7.90. The minimum Gasteiger partial charge on any atom is -0.497 e. The molecule has 7 heteroatoms. The molecule has 1 N–H and O–H groups in total. The molecule has 3 heterocycles. The standard InChI is InChI=1S/C22H26FN3O3/c1-13-9-16(29-3)10-18(23)22(13)17-11-21(28)26(14(17)2)20-6-4-5-19(24-20)25-8-7-15(27)12-25/h4-6,9-10,14-15,17,27H,7-8,11-12H2,1-3H3/t14-,15-,17-/m0/s1. The number of halogens is 1. The van der Waals surface area contributed by atoms with Gasteiger partial charge in [-0.15, -0.1) is 0 Å². The van der Waals surface area contributed by atoms with Gasteiger partial charge in [-0.25, -0.2) is 9.37 Å². The van der Waals surface area contributed by atoms with Crippen molar-refractivity contribution in [1.29, 1.82) is 0 Å². The van der Waals surface area contributed by atoms with Crippen LogP contribution in [0.5, 0.6) is 5.75 Å². The van der Waals surface area contributed by atoms with E-state index >= 15 is 0 Å². The van der Waals surface area contributed by atoms with Gasteiger partial charge in [0.15, 0.2) is 0 Å². The molecule has 2 aliphatic rings. The number of amides is 1. The largest absolute Gasteiger partial charge is 0.497 e. The van der Waals surface area contributed by atoms with Crippen LogP contribution in [0.3, 0.4) is 0 Å². The molecule has 29 heavy (non-hydrogen) atoms. The van der Waals surface area contributed by atoms with Gasteiger partial charge in [0, 0.05) is 37.5 Å². The highest BCUT2D eigenvalue weighted by Gasteiger charge is 2.41. The number of benzene rings is 1. The van der Waals surface area contributed by atoms with Crippen LogP contribution in [-0.4, -0.2) is 48.3 Å². The number of β-amino-alcohol motifs (C(OH)–C–C–N with tert-alkyl or cyclic N) is 1. The molecule has 2 fully saturated rings. The van der Waals surface area contributed by atoms with Gasteiger partial charge in [0.05, 0.1) is 13.2 Å². The summed E-state index contributed by atoms with van der Waals surface area (Å²) in [6.45, 7) is 5.06. The lowest BCUT2D eigenvalue weighted by Crippen LogP contribution is -2.34. The van der Waals surface area contributed by atoms with Crippen LogP contribution in [0.4, 0.5) is 16.0 Å². The maximum absolute atomic E-state index is 14.8. The summed E-state index contributed by atoms with van der Waals surface area (Å²) in [5, 5.41) is 9.80. The fourth-order valence-corrected chi connectivity index (χ4v) is 4.53. The third kappa shape index (κ3) is 3.55. The van der Waals surface area contributed by atoms with E-state index in [1.54, 1.807) is 11.0 Å². The van der Waals surface area contributed by atoms with Crippen molar-refractivity contribution in [1.82, 2.24) is 4.98 Å². The molecule has 2 aliphatic heterocycles. The molecular formula is C22H26FN3O3. The summed E-state index contributed by atoms with van der Waals surface area (Å²) in [5.41, 5.74) is 1.34. The van der Waals surface area contributed by atoms with Gasteiger partial charge in [0.1, 0.15) is 23.2 Å². The molecule has 1 aromatic carbocycles. The van der Waals surface area contributed by atoms with Crippen molar-refractivity contribution in [3.8, 4) is 5.75 Å². The molecule has 154 valence electrons. The van der Waals surface area contributed by atoms with Gasteiger partial charge in [-0.2, -0.15) is 0 Å². The Kier molecular flexibility index (Phi) is 5.17. The second-order valence-corrected chi connectivity index (χ2v) is 7.90. The van der Waals surface area contributed by atoms with Crippen LogP contribution < -0.4 is 14.5 Å². The number of aliphatic hydroxyl groups excluding tert-OH is 1. The van der Waals surface area contributed by atoms with Gasteiger partial charge < -0.3 is 14.7 Å². The van der Waals surface area contributed by atoms with E-state index in [1.165, 1.54) is 13.2 Å². The van der Waals surface area contributed by atoms with Gasteiger partial charge in [-0.3, -0.25) is 9.69 Å². The normalized spacial score (nSPS) is 24.4. The van der Waals surface area contributed by atoms with Crippen molar-refractivity contribution in [3.05, 3.63) is 47.3 Å². The number of rotatable bonds is 4. The van der Waals surface area contributed by atoms with Crippen molar-refractivity contribution < 1.29 is 19.0 Å². The molecule has 2 aromatic rings. The van der Waals surface area contributed by atoms with E-state index in [-0.39, 0.29) is 36.2 Å². The van der Waals surface area contributed by atoms with Crippen molar-refractivity contribution in [2.75, 3.05) is 30.0 Å². The Balaban J connectivity index is 1.64. The molecule has 3 atom stereocenters. The quantitative estimate of drug-likeness (QED) is 0.856. The van der Waals surface area contributed by atoms with Gasteiger partial charge in [0.2, 0.25) is 5.91 Å². The molecule has 0 radical (unpaired) electrons. The van der Waals surface area contributed by atoms with Crippen LogP contribution >= 0.6 is 0 Å². The van der Waals surface area contributed by atoms with Gasteiger partial charge in [-0.1, -0.05) is 6.07 Å². The number of hydrogen-bond donors (Lipinski definition) is 1. The average molecular weight is 399 g/mol. The zero-order valence-electron chi connectivity index (χ0n) is 16.9. The van der Waals surface area contributed by atoms with E-state index in [2.05, 4.69) is 4.98 Å². The first-order chi connectivity index (χ1) is 13.9. The topological polar surface area (TPSA) is 65.9 Å². The Hall–Kier alpha value is -2.67. The van der Waals surface area contributed by atoms with E-state index in [9.17, 15) is 14.3 Å². The monoisotopic (exact) mass is 399 g/mol. The number of nitrogens with zero attached hydrogens (tertiary/aromatic N) is 3. The van der Waals surface area contributed by atoms with E-state index in [0.717, 1.165) is 17.9 Å². The Morgan fingerprint density at radius 3 is 2.69 bits per heavy atom. The highest BCUT2D eigenvalue weighted by atomic mass is 19.1. The van der Waals surface area contributed by atoms with Crippen molar-refractivity contribution in [2.24, 2.45) is 0 Å². The molecule has 0 bridgehead atoms. The van der Waals surface area contributed by atoms with E-state index < -0.39 is 0 Å². The van der Waals surface area contributed by atoms with Crippen LogP contribution in [0.15, 0.2) is 30.3 Å². The number of pyridine rings is 1. The molecule has 4 rings (SSSR count). The Bertz CT molecular complexity index is 912. The Morgan fingerprint density at radius 1 is 1.28 bits per heavy atom. The molecule has 6 nitrogen and oxygen atoms in total. The van der Waals surface area contributed by atoms with E-state index in [4.69, 9.17) is 4.74 Å². The molecule has 2 saturated heterocycles. The summed E-state index contributed by atoms with van der Waals surface area (Å²) in [6, 6.07) is 8.52. The molecule has 0 saturated carbocycles. The number of aliphatic hydroxyl groups is 1. The molecule has 0 spiro atoms. The average Bonchev–Trinajstić information content (AvgIpc) is 3.24. The first-order valence-corrected chi connectivity index (χ1v) is 9.95. The number of anilines is 2. The summed E-state index contributed by atoms with van der Waals surface area (Å²) in [4.78, 5) is 21.3. The number of ether oxygens (including phenoxy) is 1. The zero-order chi connectivity index (χ0) is 20.7. The number of aromatic nitrogens is 1. The van der Waals surface area contributed by atoms with Crippen LogP contribution in [0.2, 0.25) is 0 Å². The van der Waals surface area contributed by atoms with Gasteiger partial charge >= 0.3 is 0 Å². The molecule has 0 unspecified atom stereocenters. The van der Waals surface area contributed by atoms with Crippen molar-refractivity contribution in [3.63, 3.8) is 0 Å². The molecular weight excluding hydrogens is 373 g/mol. The predicted molar refractivity (Wildman–Crippen MR) is 109 cm³/mol. The third-order valence-corrected chi connectivity index (χ3v) is 6.02. The predicted octanol–water partition coefficient (Wildman–Crippen LogP) is 3.02. The second kappa shape index (κ2) is 7.63. The Labute approximate surface area is 169 Å². The first kappa shape index (κ1) is 19.6. The number of hydrogen-bond acceptors (Lipinski definition) is 5. The van der Waals surface area contributed by atoms with Crippen molar-refractivity contribution in [2.45, 2.75) is 44.8 Å². The van der Waals surface area contributed by atoms with E-state index in [0.29, 0.717) is 30.1 Å². The minimum absolute atomic E-state index is 0.0665. The zero-order valence-corrected chi connectivity index (χ0v) is 16.9. The Morgan fingerprint density at radius 2 is 2.03 bits per heavy atom. The van der Waals surface area contributed by atoms with Crippen LogP contribution in [0, 0.1) is 12.7 Å². The summed E-state index contributed by atoms with van der Waals surface area (Å²) >= 11 is 0. The fraction of sp³-hybridized carbons (Fsp3) is 0.455. The lowest BCUT2D eigenvalue weighted by Gasteiger charge is -2.26. The SMILES string of the molecule is COc1cc(C)c([C@H]2CC(=O)N(c3cccc(N4CC[C@H](O)C4)n3)[C@H]2C)c(F)c1. The van der Waals surface area contributed by atoms with Gasteiger partial charge in [0.25, 0.3) is 0 Å². The summed E-state index contributed by atoms with van der Waals surface area (Å²) in [6.07, 6.45) is 0.598. The van der Waals surface area contributed by atoms with Gasteiger partial charge in [-0.05, 0) is 49.6 Å². The molecule has 0 aliphatic carbocycles.